The maximum absolute atomic E-state index is 12.5. The fourth-order valence-corrected chi connectivity index (χ4v) is 2.37. The molecule has 0 aliphatic carbocycles. The fraction of sp³-hybridized carbons (Fsp3) is 0.188. The van der Waals surface area contributed by atoms with Crippen LogP contribution in [0.25, 0.3) is 0 Å². The van der Waals surface area contributed by atoms with Crippen molar-refractivity contribution in [2.24, 2.45) is 0 Å². The number of rotatable bonds is 5. The van der Waals surface area contributed by atoms with E-state index in [0.717, 1.165) is 10.0 Å². The number of methoxy groups -OCH3 is 2. The van der Waals surface area contributed by atoms with Gasteiger partial charge >= 0.3 is 0 Å². The highest BCUT2D eigenvalue weighted by atomic mass is 79.9. The van der Waals surface area contributed by atoms with Crippen molar-refractivity contribution >= 4 is 33.2 Å². The van der Waals surface area contributed by atoms with Gasteiger partial charge in [0.15, 0.2) is 11.5 Å². The van der Waals surface area contributed by atoms with Gasteiger partial charge in [0.2, 0.25) is 0 Å². The van der Waals surface area contributed by atoms with Crippen LogP contribution in [0.15, 0.2) is 34.8 Å². The summed E-state index contributed by atoms with van der Waals surface area (Å²) in [5.74, 6) is -0.190. The smallest absolute Gasteiger partial charge is 0.286 e. The third-order valence-electron chi connectivity index (χ3n) is 3.36. The molecular formula is C16H15BrN2O5. The molecule has 0 fully saturated rings. The van der Waals surface area contributed by atoms with Gasteiger partial charge in [-0.1, -0.05) is 15.9 Å². The normalized spacial score (nSPS) is 10.2. The Bertz CT molecular complexity index is 807. The molecule has 0 aliphatic heterocycles. The van der Waals surface area contributed by atoms with Crippen molar-refractivity contribution in [2.75, 3.05) is 19.5 Å². The predicted molar refractivity (Wildman–Crippen MR) is 93.0 cm³/mol. The van der Waals surface area contributed by atoms with Crippen molar-refractivity contribution in [2.45, 2.75) is 6.92 Å². The molecule has 7 nitrogen and oxygen atoms in total. The van der Waals surface area contributed by atoms with E-state index in [1.54, 1.807) is 18.2 Å². The number of ether oxygens (including phenoxy) is 2. The molecule has 1 amide bonds. The largest absolute Gasteiger partial charge is 0.493 e. The average molecular weight is 395 g/mol. The maximum atomic E-state index is 12.5. The van der Waals surface area contributed by atoms with Gasteiger partial charge in [-0.25, -0.2) is 0 Å². The van der Waals surface area contributed by atoms with Gasteiger partial charge in [0, 0.05) is 16.2 Å². The van der Waals surface area contributed by atoms with Gasteiger partial charge in [0.05, 0.1) is 25.2 Å². The van der Waals surface area contributed by atoms with Crippen LogP contribution >= 0.6 is 15.9 Å². The molecule has 2 rings (SSSR count). The van der Waals surface area contributed by atoms with Crippen LogP contribution < -0.4 is 14.8 Å². The van der Waals surface area contributed by atoms with E-state index < -0.39 is 10.8 Å². The second-order valence-corrected chi connectivity index (χ2v) is 5.75. The zero-order chi connectivity index (χ0) is 17.9. The Morgan fingerprint density at radius 1 is 1.17 bits per heavy atom. The van der Waals surface area contributed by atoms with E-state index in [1.165, 1.54) is 26.4 Å². The predicted octanol–water partition coefficient (Wildman–Crippen LogP) is 3.94. The van der Waals surface area contributed by atoms with E-state index in [-0.39, 0.29) is 22.7 Å². The molecule has 2 aromatic carbocycles. The lowest BCUT2D eigenvalue weighted by atomic mass is 10.1. The lowest BCUT2D eigenvalue weighted by Gasteiger charge is -2.11. The summed E-state index contributed by atoms with van der Waals surface area (Å²) < 4.78 is 11.1. The van der Waals surface area contributed by atoms with Crippen molar-refractivity contribution in [3.8, 4) is 11.5 Å². The molecule has 0 bridgehead atoms. The topological polar surface area (TPSA) is 90.7 Å². The van der Waals surface area contributed by atoms with Crippen LogP contribution in [0.5, 0.6) is 11.5 Å². The molecule has 0 radical (unpaired) electrons. The van der Waals surface area contributed by atoms with E-state index in [0.29, 0.717) is 5.69 Å². The molecule has 0 aromatic heterocycles. The molecule has 0 aliphatic rings. The van der Waals surface area contributed by atoms with Gasteiger partial charge in [0.1, 0.15) is 5.56 Å². The first-order chi connectivity index (χ1) is 11.4. The fourth-order valence-electron chi connectivity index (χ4n) is 2.12. The number of hydrogen-bond donors (Lipinski definition) is 1. The Hall–Kier alpha value is -2.61. The molecule has 0 unspecified atom stereocenters. The molecule has 24 heavy (non-hydrogen) atoms. The number of aryl methyl sites for hydroxylation is 1. The highest BCUT2D eigenvalue weighted by Crippen LogP contribution is 2.35. The number of hydrogen-bond acceptors (Lipinski definition) is 5. The van der Waals surface area contributed by atoms with E-state index in [4.69, 9.17) is 9.47 Å². The molecule has 0 saturated heterocycles. The molecule has 2 aromatic rings. The summed E-state index contributed by atoms with van der Waals surface area (Å²) in [7, 11) is 2.76. The minimum absolute atomic E-state index is 0.113. The van der Waals surface area contributed by atoms with Crippen molar-refractivity contribution in [3.63, 3.8) is 0 Å². The number of halogens is 1. The Kier molecular flexibility index (Phi) is 5.40. The first-order valence-electron chi connectivity index (χ1n) is 6.85. The van der Waals surface area contributed by atoms with Crippen molar-refractivity contribution in [1.82, 2.24) is 0 Å². The monoisotopic (exact) mass is 394 g/mol. The summed E-state index contributed by atoms with van der Waals surface area (Å²) in [6.07, 6.45) is 0. The van der Waals surface area contributed by atoms with Gasteiger partial charge < -0.3 is 14.8 Å². The molecule has 0 spiro atoms. The Morgan fingerprint density at radius 2 is 1.79 bits per heavy atom. The van der Waals surface area contributed by atoms with Gasteiger partial charge in [-0.15, -0.1) is 0 Å². The van der Waals surface area contributed by atoms with Crippen LogP contribution in [0, 0.1) is 17.0 Å². The van der Waals surface area contributed by atoms with Crippen molar-refractivity contribution < 1.29 is 19.2 Å². The van der Waals surface area contributed by atoms with Gasteiger partial charge in [-0.2, -0.15) is 0 Å². The third kappa shape index (κ3) is 3.65. The number of carbonyl (C=O) groups excluding carboxylic acids is 1. The van der Waals surface area contributed by atoms with E-state index >= 15 is 0 Å². The maximum Gasteiger partial charge on any atom is 0.286 e. The zero-order valence-corrected chi connectivity index (χ0v) is 14.8. The zero-order valence-electron chi connectivity index (χ0n) is 13.3. The second kappa shape index (κ2) is 7.31. The summed E-state index contributed by atoms with van der Waals surface area (Å²) in [6, 6.07) is 7.70. The van der Waals surface area contributed by atoms with Crippen molar-refractivity contribution in [1.29, 1.82) is 0 Å². The van der Waals surface area contributed by atoms with Crippen LogP contribution in [0.1, 0.15) is 15.9 Å². The highest BCUT2D eigenvalue weighted by Gasteiger charge is 2.24. The van der Waals surface area contributed by atoms with Gasteiger partial charge in [-0.05, 0) is 30.7 Å². The minimum atomic E-state index is -0.635. The number of amides is 1. The molecule has 0 atom stereocenters. The number of nitro benzene ring substituents is 1. The first-order valence-corrected chi connectivity index (χ1v) is 7.64. The Balaban J connectivity index is 2.43. The Morgan fingerprint density at radius 3 is 2.33 bits per heavy atom. The molecule has 0 saturated carbocycles. The lowest BCUT2D eigenvalue weighted by molar-refractivity contribution is -0.385. The molecule has 1 N–H and O–H groups in total. The van der Waals surface area contributed by atoms with Crippen LogP contribution in [0.2, 0.25) is 0 Å². The number of nitrogens with one attached hydrogen (secondary N) is 1. The summed E-state index contributed by atoms with van der Waals surface area (Å²) in [4.78, 5) is 23.1. The summed E-state index contributed by atoms with van der Waals surface area (Å²) in [6.45, 7) is 1.87. The second-order valence-electron chi connectivity index (χ2n) is 4.90. The highest BCUT2D eigenvalue weighted by molar-refractivity contribution is 9.10. The standard InChI is InChI=1S/C16H15BrN2O5/c1-9-6-10(4-5-12(9)17)18-16(20)11-7-14(23-2)15(24-3)8-13(11)19(21)22/h4-8H,1-3H3,(H,18,20). The number of benzene rings is 2. The van der Waals surface area contributed by atoms with Crippen LogP contribution in [-0.2, 0) is 0 Å². The summed E-state index contributed by atoms with van der Waals surface area (Å²) >= 11 is 3.37. The number of nitro groups is 1. The van der Waals surface area contributed by atoms with Gasteiger partial charge in [-0.3, -0.25) is 14.9 Å². The Labute approximate surface area is 146 Å². The van der Waals surface area contributed by atoms with Crippen LogP contribution in [-0.4, -0.2) is 25.1 Å². The third-order valence-corrected chi connectivity index (χ3v) is 4.25. The van der Waals surface area contributed by atoms with Crippen LogP contribution in [0.3, 0.4) is 0 Å². The quantitative estimate of drug-likeness (QED) is 0.612. The molecular weight excluding hydrogens is 380 g/mol. The molecule has 126 valence electrons. The summed E-state index contributed by atoms with van der Waals surface area (Å²) in [5, 5.41) is 13.9. The lowest BCUT2D eigenvalue weighted by Crippen LogP contribution is -2.14. The average Bonchev–Trinajstić information content (AvgIpc) is 2.56. The number of carbonyl (C=O) groups is 1. The van der Waals surface area contributed by atoms with E-state index in [2.05, 4.69) is 21.2 Å². The number of nitrogens with zero attached hydrogens (tertiary/aromatic N) is 1. The molecule has 8 heteroatoms. The first kappa shape index (κ1) is 17.7. The van der Waals surface area contributed by atoms with Crippen LogP contribution in [0.4, 0.5) is 11.4 Å². The van der Waals surface area contributed by atoms with E-state index in [1.807, 2.05) is 6.92 Å². The minimum Gasteiger partial charge on any atom is -0.493 e. The number of anilines is 1. The van der Waals surface area contributed by atoms with E-state index in [9.17, 15) is 14.9 Å². The van der Waals surface area contributed by atoms with Crippen molar-refractivity contribution in [3.05, 3.63) is 56.0 Å². The van der Waals surface area contributed by atoms with Gasteiger partial charge in [0.25, 0.3) is 11.6 Å². The SMILES string of the molecule is COc1cc(C(=O)Nc2ccc(Br)c(C)c2)c([N+](=O)[O-])cc1OC. The molecule has 0 heterocycles. The summed E-state index contributed by atoms with van der Waals surface area (Å²) in [5.41, 5.74) is 0.983.